The minimum Gasteiger partial charge on any atom is -0.465 e. The minimum atomic E-state index is -0.305. The highest BCUT2D eigenvalue weighted by molar-refractivity contribution is 7.99. The van der Waals surface area contributed by atoms with Crippen LogP contribution >= 0.6 is 23.1 Å². The molecule has 1 aliphatic rings. The Labute approximate surface area is 171 Å². The summed E-state index contributed by atoms with van der Waals surface area (Å²) in [5, 5.41) is 1.28. The number of benzene rings is 1. The SMILES string of the molecule is CCOC(=O)CSc1nc2sc3c(c2c(=O)n1-c1ccccc1)C(C)CCC3. The molecule has 28 heavy (non-hydrogen) atoms. The number of ether oxygens (including phenoxy) is 1. The van der Waals surface area contributed by atoms with Crippen LogP contribution in [0.15, 0.2) is 40.3 Å². The van der Waals surface area contributed by atoms with Gasteiger partial charge >= 0.3 is 5.97 Å². The fourth-order valence-corrected chi connectivity index (χ4v) is 5.93. The van der Waals surface area contributed by atoms with Gasteiger partial charge in [0, 0.05) is 4.88 Å². The van der Waals surface area contributed by atoms with E-state index in [-0.39, 0.29) is 17.3 Å². The molecule has 0 fully saturated rings. The number of aromatic nitrogens is 2. The third kappa shape index (κ3) is 3.49. The molecule has 0 spiro atoms. The van der Waals surface area contributed by atoms with Gasteiger partial charge in [-0.25, -0.2) is 4.98 Å². The maximum Gasteiger partial charge on any atom is 0.316 e. The van der Waals surface area contributed by atoms with Crippen LogP contribution in [0.4, 0.5) is 0 Å². The van der Waals surface area contributed by atoms with Gasteiger partial charge in [-0.1, -0.05) is 36.9 Å². The van der Waals surface area contributed by atoms with Gasteiger partial charge in [-0.2, -0.15) is 0 Å². The predicted molar refractivity (Wildman–Crippen MR) is 114 cm³/mol. The van der Waals surface area contributed by atoms with Gasteiger partial charge in [0.1, 0.15) is 4.83 Å². The molecule has 0 saturated carbocycles. The molecule has 0 bridgehead atoms. The molecule has 1 unspecified atom stereocenters. The Morgan fingerprint density at radius 3 is 2.89 bits per heavy atom. The van der Waals surface area contributed by atoms with Crippen LogP contribution in [0.25, 0.3) is 15.9 Å². The summed E-state index contributed by atoms with van der Waals surface area (Å²) in [6, 6.07) is 9.51. The number of thiophene rings is 1. The second-order valence-electron chi connectivity index (χ2n) is 6.88. The van der Waals surface area contributed by atoms with Crippen molar-refractivity contribution in [2.45, 2.75) is 44.2 Å². The van der Waals surface area contributed by atoms with Crippen LogP contribution in [0, 0.1) is 0 Å². The van der Waals surface area contributed by atoms with E-state index in [1.165, 1.54) is 22.2 Å². The van der Waals surface area contributed by atoms with Crippen LogP contribution in [0.2, 0.25) is 0 Å². The number of thioether (sulfide) groups is 1. The molecule has 0 amide bonds. The summed E-state index contributed by atoms with van der Waals surface area (Å²) < 4.78 is 6.67. The Bertz CT molecular complexity index is 1070. The van der Waals surface area contributed by atoms with E-state index in [4.69, 9.17) is 9.72 Å². The molecule has 7 heteroatoms. The maximum atomic E-state index is 13.6. The van der Waals surface area contributed by atoms with E-state index in [1.54, 1.807) is 22.8 Å². The van der Waals surface area contributed by atoms with Crippen LogP contribution in [-0.2, 0) is 16.0 Å². The normalized spacial score (nSPS) is 16.1. The Morgan fingerprint density at radius 2 is 2.14 bits per heavy atom. The average Bonchev–Trinajstić information content (AvgIpc) is 3.07. The molecule has 4 rings (SSSR count). The fraction of sp³-hybridized carbons (Fsp3) is 0.381. The zero-order valence-corrected chi connectivity index (χ0v) is 17.6. The molecule has 0 saturated heterocycles. The van der Waals surface area contributed by atoms with Crippen molar-refractivity contribution < 1.29 is 9.53 Å². The Kier molecular flexibility index (Phi) is 5.55. The number of esters is 1. The highest BCUT2D eigenvalue weighted by Gasteiger charge is 2.26. The zero-order valence-electron chi connectivity index (χ0n) is 15.9. The summed E-state index contributed by atoms with van der Waals surface area (Å²) in [5.74, 6) is 0.190. The molecule has 2 aromatic heterocycles. The lowest BCUT2D eigenvalue weighted by Gasteiger charge is -2.19. The predicted octanol–water partition coefficient (Wildman–Crippen LogP) is 4.54. The van der Waals surface area contributed by atoms with Crippen molar-refractivity contribution in [3.05, 3.63) is 51.1 Å². The Hall–Kier alpha value is -2.12. The van der Waals surface area contributed by atoms with Gasteiger partial charge in [0.15, 0.2) is 5.16 Å². The molecule has 0 radical (unpaired) electrons. The summed E-state index contributed by atoms with van der Waals surface area (Å²) in [5.41, 5.74) is 1.89. The first-order valence-electron chi connectivity index (χ1n) is 9.52. The smallest absolute Gasteiger partial charge is 0.316 e. The van der Waals surface area contributed by atoms with Crippen LogP contribution in [0.5, 0.6) is 0 Å². The summed E-state index contributed by atoms with van der Waals surface area (Å²) in [6.07, 6.45) is 3.26. The number of hydrogen-bond acceptors (Lipinski definition) is 6. The summed E-state index contributed by atoms with van der Waals surface area (Å²) in [6.45, 7) is 4.32. The van der Waals surface area contributed by atoms with Gasteiger partial charge in [-0.15, -0.1) is 11.3 Å². The Morgan fingerprint density at radius 1 is 1.36 bits per heavy atom. The number of nitrogens with zero attached hydrogens (tertiary/aromatic N) is 2. The van der Waals surface area contributed by atoms with E-state index in [9.17, 15) is 9.59 Å². The van der Waals surface area contributed by atoms with Crippen LogP contribution in [0.1, 0.15) is 43.0 Å². The van der Waals surface area contributed by atoms with E-state index in [0.717, 1.165) is 35.2 Å². The van der Waals surface area contributed by atoms with Gasteiger partial charge in [-0.3, -0.25) is 14.2 Å². The lowest BCUT2D eigenvalue weighted by molar-refractivity contribution is -0.139. The van der Waals surface area contributed by atoms with Crippen molar-refractivity contribution in [2.75, 3.05) is 12.4 Å². The summed E-state index contributed by atoms with van der Waals surface area (Å²) in [7, 11) is 0. The fourth-order valence-electron chi connectivity index (χ4n) is 3.75. The maximum absolute atomic E-state index is 13.6. The molecule has 1 aliphatic carbocycles. The van der Waals surface area contributed by atoms with Crippen LogP contribution in [0.3, 0.4) is 0 Å². The number of aryl methyl sites for hydroxylation is 1. The van der Waals surface area contributed by atoms with Crippen LogP contribution < -0.4 is 5.56 Å². The molecule has 0 N–H and O–H groups in total. The third-order valence-corrected chi connectivity index (χ3v) is 7.05. The first-order valence-corrected chi connectivity index (χ1v) is 11.3. The summed E-state index contributed by atoms with van der Waals surface area (Å²) >= 11 is 2.88. The van der Waals surface area contributed by atoms with Crippen molar-refractivity contribution in [1.29, 1.82) is 0 Å². The summed E-state index contributed by atoms with van der Waals surface area (Å²) in [4.78, 5) is 32.3. The second kappa shape index (κ2) is 8.09. The number of fused-ring (bicyclic) bond motifs is 3. The number of hydrogen-bond donors (Lipinski definition) is 0. The van der Waals surface area contributed by atoms with E-state index in [1.807, 2.05) is 30.3 Å². The molecule has 0 aliphatic heterocycles. The number of carbonyl (C=O) groups excluding carboxylic acids is 1. The van der Waals surface area contributed by atoms with E-state index >= 15 is 0 Å². The lowest BCUT2D eigenvalue weighted by atomic mass is 9.88. The number of carbonyl (C=O) groups is 1. The van der Waals surface area contributed by atoms with E-state index in [0.29, 0.717) is 17.7 Å². The van der Waals surface area contributed by atoms with Gasteiger partial charge in [0.05, 0.1) is 23.4 Å². The number of rotatable bonds is 5. The van der Waals surface area contributed by atoms with Crippen molar-refractivity contribution >= 4 is 39.3 Å². The zero-order chi connectivity index (χ0) is 19.7. The third-order valence-electron chi connectivity index (χ3n) is 4.98. The monoisotopic (exact) mass is 414 g/mol. The minimum absolute atomic E-state index is 0.0474. The van der Waals surface area contributed by atoms with E-state index in [2.05, 4.69) is 6.92 Å². The first kappa shape index (κ1) is 19.2. The molecule has 1 aromatic carbocycles. The van der Waals surface area contributed by atoms with Gasteiger partial charge in [0.25, 0.3) is 5.56 Å². The quantitative estimate of drug-likeness (QED) is 0.348. The molecule has 2 heterocycles. The molecule has 3 aromatic rings. The highest BCUT2D eigenvalue weighted by atomic mass is 32.2. The van der Waals surface area contributed by atoms with Gasteiger partial charge in [-0.05, 0) is 49.8 Å². The first-order chi connectivity index (χ1) is 13.6. The topological polar surface area (TPSA) is 61.2 Å². The van der Waals surface area contributed by atoms with Crippen molar-refractivity contribution in [1.82, 2.24) is 9.55 Å². The van der Waals surface area contributed by atoms with Crippen LogP contribution in [-0.4, -0.2) is 27.9 Å². The molecule has 5 nitrogen and oxygen atoms in total. The number of para-hydroxylation sites is 1. The highest BCUT2D eigenvalue weighted by Crippen LogP contribution is 2.40. The largest absolute Gasteiger partial charge is 0.465 e. The van der Waals surface area contributed by atoms with Crippen molar-refractivity contribution in [3.63, 3.8) is 0 Å². The average molecular weight is 415 g/mol. The second-order valence-corrected chi connectivity index (χ2v) is 8.90. The van der Waals surface area contributed by atoms with Crippen molar-refractivity contribution in [3.8, 4) is 5.69 Å². The van der Waals surface area contributed by atoms with Gasteiger partial charge < -0.3 is 4.74 Å². The molecule has 146 valence electrons. The van der Waals surface area contributed by atoms with E-state index < -0.39 is 0 Å². The van der Waals surface area contributed by atoms with Crippen molar-refractivity contribution in [2.24, 2.45) is 0 Å². The standard InChI is InChI=1S/C21H22N2O3S2/c1-3-26-16(24)12-27-21-22-19-18(17-13(2)8-7-11-15(17)28-19)20(25)23(21)14-9-5-4-6-10-14/h4-6,9-10,13H,3,7-8,11-12H2,1-2H3. The van der Waals surface area contributed by atoms with Gasteiger partial charge in [0.2, 0.25) is 0 Å². The lowest BCUT2D eigenvalue weighted by Crippen LogP contribution is -2.23. The molecular weight excluding hydrogens is 392 g/mol. The molecule has 1 atom stereocenters. The Balaban J connectivity index is 1.90. The molecular formula is C21H22N2O3S2.